The first-order chi connectivity index (χ1) is 6.85. The van der Waals surface area contributed by atoms with Gasteiger partial charge in [-0.05, 0) is 27.2 Å². The summed E-state index contributed by atoms with van der Waals surface area (Å²) in [7, 11) is 0. The summed E-state index contributed by atoms with van der Waals surface area (Å²) < 4.78 is 5.20. The van der Waals surface area contributed by atoms with Crippen molar-refractivity contribution in [2.24, 2.45) is 5.73 Å². The van der Waals surface area contributed by atoms with Crippen molar-refractivity contribution in [1.82, 2.24) is 0 Å². The maximum atomic E-state index is 11.4. The highest BCUT2D eigenvalue weighted by atomic mass is 16.6. The lowest BCUT2D eigenvalue weighted by Crippen LogP contribution is -2.30. The fourth-order valence-electron chi connectivity index (χ4n) is 1.36. The van der Waals surface area contributed by atoms with Crippen molar-refractivity contribution in [3.8, 4) is 0 Å². The van der Waals surface area contributed by atoms with Gasteiger partial charge in [0, 0.05) is 6.04 Å². The molecule has 90 valence electrons. The van der Waals surface area contributed by atoms with Gasteiger partial charge in [-0.15, -0.1) is 0 Å². The van der Waals surface area contributed by atoms with Crippen LogP contribution in [0, 0.1) is 0 Å². The quantitative estimate of drug-likeness (QED) is 0.547. The second kappa shape index (κ2) is 6.83. The Balaban J connectivity index is 3.67. The van der Waals surface area contributed by atoms with E-state index in [0.717, 1.165) is 12.8 Å². The van der Waals surface area contributed by atoms with Crippen molar-refractivity contribution in [3.63, 3.8) is 0 Å². The van der Waals surface area contributed by atoms with Crippen LogP contribution in [0.3, 0.4) is 0 Å². The lowest BCUT2D eigenvalue weighted by molar-refractivity contribution is -0.155. The molecule has 0 saturated carbocycles. The van der Waals surface area contributed by atoms with Crippen LogP contribution in [0.25, 0.3) is 0 Å². The predicted octanol–water partition coefficient (Wildman–Crippen LogP) is 2.63. The molecule has 0 bridgehead atoms. The SMILES string of the molecule is CCCCC[C@@H](N)CC(=O)OC(C)(C)C. The first-order valence-electron chi connectivity index (χ1n) is 5.82. The van der Waals surface area contributed by atoms with E-state index in [9.17, 15) is 4.79 Å². The molecule has 0 unspecified atom stereocenters. The van der Waals surface area contributed by atoms with Crippen LogP contribution in [0.4, 0.5) is 0 Å². The van der Waals surface area contributed by atoms with Gasteiger partial charge < -0.3 is 10.5 Å². The monoisotopic (exact) mass is 215 g/mol. The highest BCUT2D eigenvalue weighted by Gasteiger charge is 2.18. The largest absolute Gasteiger partial charge is 0.460 e. The van der Waals surface area contributed by atoms with Gasteiger partial charge in [-0.3, -0.25) is 4.79 Å². The van der Waals surface area contributed by atoms with Crippen LogP contribution in [0.2, 0.25) is 0 Å². The van der Waals surface area contributed by atoms with Gasteiger partial charge in [0.25, 0.3) is 0 Å². The van der Waals surface area contributed by atoms with Crippen molar-refractivity contribution >= 4 is 5.97 Å². The molecule has 0 fully saturated rings. The average Bonchev–Trinajstić information content (AvgIpc) is 2.00. The summed E-state index contributed by atoms with van der Waals surface area (Å²) in [5.41, 5.74) is 5.43. The van der Waals surface area contributed by atoms with Gasteiger partial charge in [0.05, 0.1) is 6.42 Å². The number of ether oxygens (including phenoxy) is 1. The van der Waals surface area contributed by atoms with Gasteiger partial charge in [0.15, 0.2) is 0 Å². The molecule has 3 nitrogen and oxygen atoms in total. The van der Waals surface area contributed by atoms with Crippen LogP contribution in [0.1, 0.15) is 59.8 Å². The molecule has 0 aliphatic carbocycles. The Labute approximate surface area is 93.4 Å². The number of hydrogen-bond donors (Lipinski definition) is 1. The lowest BCUT2D eigenvalue weighted by atomic mass is 10.1. The summed E-state index contributed by atoms with van der Waals surface area (Å²) in [6.45, 7) is 7.76. The van der Waals surface area contributed by atoms with Crippen LogP contribution in [0.5, 0.6) is 0 Å². The van der Waals surface area contributed by atoms with Gasteiger partial charge in [0.1, 0.15) is 5.60 Å². The molecule has 0 rings (SSSR count). The Bertz CT molecular complexity index is 185. The summed E-state index contributed by atoms with van der Waals surface area (Å²) in [6.07, 6.45) is 4.70. The molecule has 0 radical (unpaired) electrons. The van der Waals surface area contributed by atoms with Crippen molar-refractivity contribution in [3.05, 3.63) is 0 Å². The molecule has 0 heterocycles. The average molecular weight is 215 g/mol. The number of hydrogen-bond acceptors (Lipinski definition) is 3. The van der Waals surface area contributed by atoms with Gasteiger partial charge in [-0.1, -0.05) is 26.2 Å². The van der Waals surface area contributed by atoms with Crippen molar-refractivity contribution in [2.45, 2.75) is 71.4 Å². The molecule has 0 aliphatic rings. The second-order valence-electron chi connectivity index (χ2n) is 5.05. The molecular formula is C12H25NO2. The van der Waals surface area contributed by atoms with E-state index in [1.54, 1.807) is 0 Å². The number of carbonyl (C=O) groups is 1. The van der Waals surface area contributed by atoms with E-state index in [1.807, 2.05) is 20.8 Å². The fourth-order valence-corrected chi connectivity index (χ4v) is 1.36. The van der Waals surface area contributed by atoms with Gasteiger partial charge in [-0.2, -0.15) is 0 Å². The maximum absolute atomic E-state index is 11.4. The smallest absolute Gasteiger partial charge is 0.307 e. The Morgan fingerprint density at radius 3 is 2.40 bits per heavy atom. The van der Waals surface area contributed by atoms with E-state index in [4.69, 9.17) is 10.5 Å². The second-order valence-corrected chi connectivity index (χ2v) is 5.05. The number of rotatable bonds is 6. The van der Waals surface area contributed by atoms with Crippen molar-refractivity contribution in [1.29, 1.82) is 0 Å². The van der Waals surface area contributed by atoms with E-state index in [-0.39, 0.29) is 12.0 Å². The van der Waals surface area contributed by atoms with E-state index >= 15 is 0 Å². The third-order valence-corrected chi connectivity index (χ3v) is 2.03. The Morgan fingerprint density at radius 1 is 1.33 bits per heavy atom. The fraction of sp³-hybridized carbons (Fsp3) is 0.917. The molecular weight excluding hydrogens is 190 g/mol. The zero-order valence-electron chi connectivity index (χ0n) is 10.5. The van der Waals surface area contributed by atoms with Crippen LogP contribution in [-0.2, 0) is 9.53 Å². The minimum Gasteiger partial charge on any atom is -0.460 e. The van der Waals surface area contributed by atoms with E-state index in [0.29, 0.717) is 6.42 Å². The molecule has 3 heteroatoms. The standard InChI is InChI=1S/C12H25NO2/c1-5-6-7-8-10(13)9-11(14)15-12(2,3)4/h10H,5-9,13H2,1-4H3/t10-/m1/s1. The molecule has 0 aliphatic heterocycles. The minimum atomic E-state index is -0.403. The normalized spacial score (nSPS) is 13.7. The molecule has 2 N–H and O–H groups in total. The summed E-state index contributed by atoms with van der Waals surface area (Å²) in [4.78, 5) is 11.4. The highest BCUT2D eigenvalue weighted by molar-refractivity contribution is 5.70. The number of unbranched alkanes of at least 4 members (excludes halogenated alkanes) is 2. The lowest BCUT2D eigenvalue weighted by Gasteiger charge is -2.20. The van der Waals surface area contributed by atoms with Crippen LogP contribution in [-0.4, -0.2) is 17.6 Å². The molecule has 0 aromatic heterocycles. The Hall–Kier alpha value is -0.570. The molecule has 15 heavy (non-hydrogen) atoms. The first-order valence-corrected chi connectivity index (χ1v) is 5.82. The van der Waals surface area contributed by atoms with Crippen LogP contribution < -0.4 is 5.73 Å². The molecule has 0 aromatic rings. The predicted molar refractivity (Wildman–Crippen MR) is 62.6 cm³/mol. The van der Waals surface area contributed by atoms with E-state index < -0.39 is 5.60 Å². The topological polar surface area (TPSA) is 52.3 Å². The number of carbonyl (C=O) groups excluding carboxylic acids is 1. The van der Waals surface area contributed by atoms with Crippen molar-refractivity contribution < 1.29 is 9.53 Å². The van der Waals surface area contributed by atoms with Gasteiger partial charge in [0.2, 0.25) is 0 Å². The number of nitrogens with two attached hydrogens (primary N) is 1. The molecule has 0 saturated heterocycles. The molecule has 1 atom stereocenters. The third-order valence-electron chi connectivity index (χ3n) is 2.03. The van der Waals surface area contributed by atoms with Crippen LogP contribution in [0.15, 0.2) is 0 Å². The van der Waals surface area contributed by atoms with Gasteiger partial charge in [-0.25, -0.2) is 0 Å². The van der Waals surface area contributed by atoms with Crippen molar-refractivity contribution in [2.75, 3.05) is 0 Å². The van der Waals surface area contributed by atoms with E-state index in [2.05, 4.69) is 6.92 Å². The maximum Gasteiger partial charge on any atom is 0.307 e. The van der Waals surface area contributed by atoms with E-state index in [1.165, 1.54) is 12.8 Å². The first kappa shape index (κ1) is 14.4. The molecule has 0 spiro atoms. The third kappa shape index (κ3) is 9.73. The summed E-state index contributed by atoms with van der Waals surface area (Å²) in [5.74, 6) is -0.188. The minimum absolute atomic E-state index is 0.0496. The summed E-state index contributed by atoms with van der Waals surface area (Å²) in [5, 5.41) is 0. The molecule has 0 aromatic carbocycles. The summed E-state index contributed by atoms with van der Waals surface area (Å²) >= 11 is 0. The van der Waals surface area contributed by atoms with Crippen LogP contribution >= 0.6 is 0 Å². The van der Waals surface area contributed by atoms with Gasteiger partial charge >= 0.3 is 5.97 Å². The zero-order chi connectivity index (χ0) is 11.9. The Morgan fingerprint density at radius 2 is 1.93 bits per heavy atom. The highest BCUT2D eigenvalue weighted by Crippen LogP contribution is 2.11. The Kier molecular flexibility index (Phi) is 6.57. The summed E-state index contributed by atoms with van der Waals surface area (Å²) in [6, 6.07) is -0.0496. The molecule has 0 amide bonds. The zero-order valence-corrected chi connectivity index (χ0v) is 10.5. The number of esters is 1.